The highest BCUT2D eigenvalue weighted by Crippen LogP contribution is 2.20. The zero-order chi connectivity index (χ0) is 13.8. The summed E-state index contributed by atoms with van der Waals surface area (Å²) in [5.41, 5.74) is 0.717. The zero-order valence-corrected chi connectivity index (χ0v) is 11.6. The van der Waals surface area contributed by atoms with Gasteiger partial charge in [0.15, 0.2) is 0 Å². The van der Waals surface area contributed by atoms with Crippen molar-refractivity contribution in [3.05, 3.63) is 35.4 Å². The molecule has 0 aliphatic carbocycles. The van der Waals surface area contributed by atoms with Crippen LogP contribution in [0.25, 0.3) is 0 Å². The zero-order valence-electron chi connectivity index (χ0n) is 11.6. The van der Waals surface area contributed by atoms with Gasteiger partial charge in [0, 0.05) is 31.2 Å². The monoisotopic (exact) mass is 268 g/mol. The standard InChI is InChI=1S/C15H22F2N2/c1-11(2)18-9-15-4-3-5-19(15)10-12-6-13(16)8-14(17)7-12/h6-8,11,15,18H,3-5,9-10H2,1-2H3. The minimum absolute atomic E-state index is 0.466. The van der Waals surface area contributed by atoms with E-state index in [0.717, 1.165) is 32.0 Å². The second-order valence-corrected chi connectivity index (χ2v) is 5.61. The Bertz CT molecular complexity index is 400. The average molecular weight is 268 g/mol. The van der Waals surface area contributed by atoms with Crippen molar-refractivity contribution >= 4 is 0 Å². The van der Waals surface area contributed by atoms with Gasteiger partial charge < -0.3 is 5.32 Å². The van der Waals surface area contributed by atoms with E-state index in [1.54, 1.807) is 0 Å². The normalized spacial score (nSPS) is 20.4. The first-order valence-corrected chi connectivity index (χ1v) is 6.97. The number of halogens is 2. The van der Waals surface area contributed by atoms with Crippen LogP contribution in [-0.4, -0.2) is 30.1 Å². The van der Waals surface area contributed by atoms with Crippen molar-refractivity contribution in [1.29, 1.82) is 0 Å². The van der Waals surface area contributed by atoms with E-state index in [1.807, 2.05) is 0 Å². The van der Waals surface area contributed by atoms with Gasteiger partial charge in [0.2, 0.25) is 0 Å². The first-order chi connectivity index (χ1) is 9.04. The second kappa shape index (κ2) is 6.44. The molecule has 19 heavy (non-hydrogen) atoms. The summed E-state index contributed by atoms with van der Waals surface area (Å²) in [5, 5.41) is 3.44. The van der Waals surface area contributed by atoms with Gasteiger partial charge in [-0.25, -0.2) is 8.78 Å². The van der Waals surface area contributed by atoms with Crippen molar-refractivity contribution in [1.82, 2.24) is 10.2 Å². The third-order valence-corrected chi connectivity index (χ3v) is 3.57. The maximum atomic E-state index is 13.2. The van der Waals surface area contributed by atoms with Gasteiger partial charge >= 0.3 is 0 Å². The molecule has 0 amide bonds. The minimum atomic E-state index is -0.494. The van der Waals surface area contributed by atoms with Crippen molar-refractivity contribution < 1.29 is 8.78 Å². The van der Waals surface area contributed by atoms with E-state index in [9.17, 15) is 8.78 Å². The summed E-state index contributed by atoms with van der Waals surface area (Å²) in [4.78, 5) is 2.31. The van der Waals surface area contributed by atoms with Gasteiger partial charge in [-0.3, -0.25) is 4.90 Å². The van der Waals surface area contributed by atoms with E-state index in [4.69, 9.17) is 0 Å². The minimum Gasteiger partial charge on any atom is -0.313 e. The first-order valence-electron chi connectivity index (χ1n) is 6.97. The van der Waals surface area contributed by atoms with Gasteiger partial charge in [-0.2, -0.15) is 0 Å². The number of benzene rings is 1. The Hall–Kier alpha value is -1.00. The third kappa shape index (κ3) is 4.25. The lowest BCUT2D eigenvalue weighted by atomic mass is 10.1. The summed E-state index contributed by atoms with van der Waals surface area (Å²) in [6, 6.07) is 4.70. The van der Waals surface area contributed by atoms with Crippen LogP contribution in [0.5, 0.6) is 0 Å². The Kier molecular flexibility index (Phi) is 4.88. The van der Waals surface area contributed by atoms with E-state index in [1.165, 1.54) is 12.1 Å². The Morgan fingerprint density at radius 3 is 2.58 bits per heavy atom. The first kappa shape index (κ1) is 14.4. The Morgan fingerprint density at radius 2 is 1.95 bits per heavy atom. The van der Waals surface area contributed by atoms with Crippen LogP contribution in [0.1, 0.15) is 32.3 Å². The summed E-state index contributed by atoms with van der Waals surface area (Å²) < 4.78 is 26.4. The molecule has 1 atom stereocenters. The molecule has 0 saturated carbocycles. The molecule has 1 heterocycles. The van der Waals surface area contributed by atoms with Crippen LogP contribution in [0.15, 0.2) is 18.2 Å². The number of hydrogen-bond acceptors (Lipinski definition) is 2. The van der Waals surface area contributed by atoms with Crippen LogP contribution in [0.4, 0.5) is 8.78 Å². The summed E-state index contributed by atoms with van der Waals surface area (Å²) in [6.07, 6.45) is 2.31. The number of hydrogen-bond donors (Lipinski definition) is 1. The van der Waals surface area contributed by atoms with Crippen LogP contribution >= 0.6 is 0 Å². The van der Waals surface area contributed by atoms with Crippen LogP contribution in [0.2, 0.25) is 0 Å². The summed E-state index contributed by atoms with van der Waals surface area (Å²) in [7, 11) is 0. The van der Waals surface area contributed by atoms with Crippen molar-refractivity contribution in [3.8, 4) is 0 Å². The van der Waals surface area contributed by atoms with E-state index in [2.05, 4.69) is 24.1 Å². The maximum absolute atomic E-state index is 13.2. The van der Waals surface area contributed by atoms with Gasteiger partial charge in [0.05, 0.1) is 0 Å². The lowest BCUT2D eigenvalue weighted by Gasteiger charge is -2.25. The highest BCUT2D eigenvalue weighted by molar-refractivity contribution is 5.18. The Labute approximate surface area is 113 Å². The highest BCUT2D eigenvalue weighted by atomic mass is 19.1. The fourth-order valence-corrected chi connectivity index (χ4v) is 2.64. The number of rotatable bonds is 5. The molecule has 0 spiro atoms. The fraction of sp³-hybridized carbons (Fsp3) is 0.600. The maximum Gasteiger partial charge on any atom is 0.126 e. The Balaban J connectivity index is 1.96. The van der Waals surface area contributed by atoms with Crippen LogP contribution < -0.4 is 5.32 Å². The molecule has 1 fully saturated rings. The molecule has 1 unspecified atom stereocenters. The van der Waals surface area contributed by atoms with E-state index >= 15 is 0 Å². The molecular weight excluding hydrogens is 246 g/mol. The SMILES string of the molecule is CC(C)NCC1CCCN1Cc1cc(F)cc(F)c1. The fourth-order valence-electron chi connectivity index (χ4n) is 2.64. The highest BCUT2D eigenvalue weighted by Gasteiger charge is 2.24. The van der Waals surface area contributed by atoms with Crippen molar-refractivity contribution in [2.45, 2.75) is 45.3 Å². The van der Waals surface area contributed by atoms with Gasteiger partial charge in [0.25, 0.3) is 0 Å². The van der Waals surface area contributed by atoms with Crippen molar-refractivity contribution in [2.75, 3.05) is 13.1 Å². The summed E-state index contributed by atoms with van der Waals surface area (Å²) in [6.45, 7) is 6.82. The van der Waals surface area contributed by atoms with Gasteiger partial charge in [0.1, 0.15) is 11.6 Å². The lowest BCUT2D eigenvalue weighted by Crippen LogP contribution is -2.39. The van der Waals surface area contributed by atoms with Crippen LogP contribution in [-0.2, 0) is 6.54 Å². The van der Waals surface area contributed by atoms with E-state index in [-0.39, 0.29) is 0 Å². The molecule has 2 nitrogen and oxygen atoms in total. The van der Waals surface area contributed by atoms with E-state index in [0.29, 0.717) is 24.2 Å². The summed E-state index contributed by atoms with van der Waals surface area (Å²) >= 11 is 0. The molecule has 106 valence electrons. The van der Waals surface area contributed by atoms with Crippen LogP contribution in [0.3, 0.4) is 0 Å². The molecule has 1 aliphatic heterocycles. The van der Waals surface area contributed by atoms with Gasteiger partial charge in [-0.05, 0) is 37.1 Å². The average Bonchev–Trinajstić information content (AvgIpc) is 2.72. The molecule has 4 heteroatoms. The van der Waals surface area contributed by atoms with Gasteiger partial charge in [-0.1, -0.05) is 13.8 Å². The number of nitrogens with zero attached hydrogens (tertiary/aromatic N) is 1. The molecule has 2 rings (SSSR count). The van der Waals surface area contributed by atoms with Gasteiger partial charge in [-0.15, -0.1) is 0 Å². The molecule has 1 N–H and O–H groups in total. The third-order valence-electron chi connectivity index (χ3n) is 3.57. The number of nitrogens with one attached hydrogen (secondary N) is 1. The van der Waals surface area contributed by atoms with E-state index < -0.39 is 11.6 Å². The number of likely N-dealkylation sites (tertiary alicyclic amines) is 1. The molecule has 1 aromatic carbocycles. The molecule has 1 saturated heterocycles. The topological polar surface area (TPSA) is 15.3 Å². The molecule has 1 aromatic rings. The smallest absolute Gasteiger partial charge is 0.126 e. The molecule has 0 radical (unpaired) electrons. The van der Waals surface area contributed by atoms with Crippen molar-refractivity contribution in [2.24, 2.45) is 0 Å². The molecular formula is C15H22F2N2. The molecule has 1 aliphatic rings. The Morgan fingerprint density at radius 1 is 1.26 bits per heavy atom. The lowest BCUT2D eigenvalue weighted by molar-refractivity contribution is 0.235. The van der Waals surface area contributed by atoms with Crippen LogP contribution in [0, 0.1) is 11.6 Å². The predicted octanol–water partition coefficient (Wildman–Crippen LogP) is 2.93. The molecule has 0 aromatic heterocycles. The quantitative estimate of drug-likeness (QED) is 0.883. The molecule has 0 bridgehead atoms. The van der Waals surface area contributed by atoms with Crippen molar-refractivity contribution in [3.63, 3.8) is 0 Å². The second-order valence-electron chi connectivity index (χ2n) is 5.61. The summed E-state index contributed by atoms with van der Waals surface area (Å²) in [5.74, 6) is -0.989. The largest absolute Gasteiger partial charge is 0.313 e. The predicted molar refractivity (Wildman–Crippen MR) is 72.9 cm³/mol.